The minimum absolute atomic E-state index is 0.0947. The van der Waals surface area contributed by atoms with Gasteiger partial charge < -0.3 is 9.88 Å². The summed E-state index contributed by atoms with van der Waals surface area (Å²) in [6, 6.07) is 12.0. The maximum absolute atomic E-state index is 12.7. The van der Waals surface area contributed by atoms with Crippen LogP contribution < -0.4 is 5.32 Å². The molecule has 2 aromatic heterocycles. The number of benzene rings is 1. The van der Waals surface area contributed by atoms with Gasteiger partial charge in [0, 0.05) is 18.9 Å². The molecule has 0 radical (unpaired) electrons. The summed E-state index contributed by atoms with van der Waals surface area (Å²) in [5, 5.41) is 7.47. The van der Waals surface area contributed by atoms with Crippen molar-refractivity contribution in [3.05, 3.63) is 66.1 Å². The molecular weight excluding hydrogens is 312 g/mol. The van der Waals surface area contributed by atoms with Gasteiger partial charge in [-0.3, -0.25) is 4.79 Å². The van der Waals surface area contributed by atoms with E-state index in [1.54, 1.807) is 10.9 Å². The van der Waals surface area contributed by atoms with E-state index in [9.17, 15) is 4.79 Å². The Bertz CT molecular complexity index is 829. The molecule has 1 amide bonds. The van der Waals surface area contributed by atoms with Crippen molar-refractivity contribution < 1.29 is 4.79 Å². The minimum atomic E-state index is -0.0947. The molecule has 0 saturated heterocycles. The van der Waals surface area contributed by atoms with Crippen molar-refractivity contribution in [1.29, 1.82) is 0 Å². The average Bonchev–Trinajstić information content (AvgIpc) is 3.24. The van der Waals surface area contributed by atoms with Crippen LogP contribution >= 0.6 is 0 Å². The predicted octanol–water partition coefficient (Wildman–Crippen LogP) is 3.75. The van der Waals surface area contributed by atoms with Crippen molar-refractivity contribution in [1.82, 2.24) is 19.7 Å². The molecule has 0 fully saturated rings. The summed E-state index contributed by atoms with van der Waals surface area (Å²) in [6.07, 6.45) is 6.44. The molecule has 25 heavy (non-hydrogen) atoms. The van der Waals surface area contributed by atoms with Crippen molar-refractivity contribution in [3.8, 4) is 11.5 Å². The van der Waals surface area contributed by atoms with Gasteiger partial charge in [0.1, 0.15) is 5.56 Å². The molecule has 5 heteroatoms. The quantitative estimate of drug-likeness (QED) is 0.745. The monoisotopic (exact) mass is 336 g/mol. The Hall–Kier alpha value is -2.82. The summed E-state index contributed by atoms with van der Waals surface area (Å²) in [5.41, 5.74) is 2.68. The molecule has 1 N–H and O–H groups in total. The summed E-state index contributed by atoms with van der Waals surface area (Å²) < 4.78 is 3.72. The van der Waals surface area contributed by atoms with Gasteiger partial charge in [0.15, 0.2) is 5.82 Å². The molecule has 2 heterocycles. The van der Waals surface area contributed by atoms with Crippen molar-refractivity contribution in [2.75, 3.05) is 6.54 Å². The Kier molecular flexibility index (Phi) is 5.03. The lowest BCUT2D eigenvalue weighted by Crippen LogP contribution is -2.26. The van der Waals surface area contributed by atoms with E-state index < -0.39 is 0 Å². The zero-order valence-corrected chi connectivity index (χ0v) is 14.9. The number of aromatic nitrogens is 3. The molecular formula is C20H24N4O. The molecule has 1 aromatic carbocycles. The van der Waals surface area contributed by atoms with E-state index in [1.807, 2.05) is 60.3 Å². The van der Waals surface area contributed by atoms with Crippen LogP contribution in [0.15, 0.2) is 55.0 Å². The fourth-order valence-electron chi connectivity index (χ4n) is 2.67. The minimum Gasteiger partial charge on any atom is -0.352 e. The Morgan fingerprint density at radius 1 is 1.16 bits per heavy atom. The SMILES string of the molecule is Cc1ccc(-n2ncc(C(=O)NCCC(C)C)c2-n2cccc2)cc1. The first-order chi connectivity index (χ1) is 12.1. The topological polar surface area (TPSA) is 51.9 Å². The standard InChI is InChI=1S/C20H24N4O/c1-15(2)10-11-21-19(25)18-14-22-24(17-8-6-16(3)7-9-17)20(18)23-12-4-5-13-23/h4-9,12-15H,10-11H2,1-3H3,(H,21,25). The number of carbonyl (C=O) groups excluding carboxylic acids is 1. The summed E-state index contributed by atoms with van der Waals surface area (Å²) in [7, 11) is 0. The molecule has 3 aromatic rings. The van der Waals surface area contributed by atoms with Crippen LogP contribution in [-0.2, 0) is 0 Å². The summed E-state index contributed by atoms with van der Waals surface area (Å²) in [5.74, 6) is 1.21. The molecule has 0 spiro atoms. The van der Waals surface area contributed by atoms with E-state index in [-0.39, 0.29) is 5.91 Å². The van der Waals surface area contributed by atoms with Gasteiger partial charge in [-0.05, 0) is 43.5 Å². The van der Waals surface area contributed by atoms with Crippen LogP contribution in [0.1, 0.15) is 36.2 Å². The molecule has 0 bridgehead atoms. The predicted molar refractivity (Wildman–Crippen MR) is 99.4 cm³/mol. The van der Waals surface area contributed by atoms with Gasteiger partial charge >= 0.3 is 0 Å². The number of aryl methyl sites for hydroxylation is 1. The van der Waals surface area contributed by atoms with E-state index in [1.165, 1.54) is 5.56 Å². The van der Waals surface area contributed by atoms with E-state index in [0.717, 1.165) is 17.9 Å². The number of amides is 1. The molecule has 0 aliphatic heterocycles. The van der Waals surface area contributed by atoms with Crippen LogP contribution in [-0.4, -0.2) is 26.8 Å². The molecule has 0 aliphatic rings. The Morgan fingerprint density at radius 2 is 1.84 bits per heavy atom. The van der Waals surface area contributed by atoms with E-state index in [0.29, 0.717) is 18.0 Å². The largest absolute Gasteiger partial charge is 0.352 e. The highest BCUT2D eigenvalue weighted by atomic mass is 16.1. The molecule has 0 atom stereocenters. The summed E-state index contributed by atoms with van der Waals surface area (Å²) in [6.45, 7) is 7.00. The zero-order chi connectivity index (χ0) is 17.8. The molecule has 130 valence electrons. The molecule has 3 rings (SSSR count). The number of hydrogen-bond acceptors (Lipinski definition) is 2. The first-order valence-electron chi connectivity index (χ1n) is 8.63. The Labute approximate surface area is 148 Å². The van der Waals surface area contributed by atoms with Gasteiger partial charge in [-0.2, -0.15) is 5.10 Å². The van der Waals surface area contributed by atoms with E-state index in [4.69, 9.17) is 0 Å². The smallest absolute Gasteiger partial charge is 0.256 e. The third-order valence-corrected chi connectivity index (χ3v) is 4.12. The lowest BCUT2D eigenvalue weighted by molar-refractivity contribution is 0.0952. The maximum atomic E-state index is 12.7. The zero-order valence-electron chi connectivity index (χ0n) is 14.9. The van der Waals surface area contributed by atoms with Crippen LogP contribution in [0.3, 0.4) is 0 Å². The normalized spacial score (nSPS) is 11.0. The van der Waals surface area contributed by atoms with E-state index in [2.05, 4.69) is 24.3 Å². The second kappa shape index (κ2) is 7.38. The summed E-state index contributed by atoms with van der Waals surface area (Å²) >= 11 is 0. The molecule has 0 saturated carbocycles. The highest BCUT2D eigenvalue weighted by Gasteiger charge is 2.19. The Morgan fingerprint density at radius 3 is 2.48 bits per heavy atom. The molecule has 0 aliphatic carbocycles. The highest BCUT2D eigenvalue weighted by Crippen LogP contribution is 2.20. The van der Waals surface area contributed by atoms with Gasteiger partial charge in [0.2, 0.25) is 0 Å². The second-order valence-corrected chi connectivity index (χ2v) is 6.66. The molecule has 5 nitrogen and oxygen atoms in total. The highest BCUT2D eigenvalue weighted by molar-refractivity contribution is 5.97. The van der Waals surface area contributed by atoms with Crippen molar-refractivity contribution in [2.24, 2.45) is 5.92 Å². The third-order valence-electron chi connectivity index (χ3n) is 4.12. The maximum Gasteiger partial charge on any atom is 0.256 e. The average molecular weight is 336 g/mol. The van der Waals surface area contributed by atoms with Gasteiger partial charge in [-0.25, -0.2) is 4.68 Å². The van der Waals surface area contributed by atoms with Gasteiger partial charge in [-0.15, -0.1) is 0 Å². The lowest BCUT2D eigenvalue weighted by Gasteiger charge is -2.12. The number of carbonyl (C=O) groups is 1. The van der Waals surface area contributed by atoms with Crippen molar-refractivity contribution in [3.63, 3.8) is 0 Å². The van der Waals surface area contributed by atoms with E-state index >= 15 is 0 Å². The first-order valence-corrected chi connectivity index (χ1v) is 8.63. The van der Waals surface area contributed by atoms with Crippen LogP contribution in [0.5, 0.6) is 0 Å². The van der Waals surface area contributed by atoms with Crippen molar-refractivity contribution >= 4 is 5.91 Å². The Balaban J connectivity index is 1.96. The summed E-state index contributed by atoms with van der Waals surface area (Å²) in [4.78, 5) is 12.7. The number of nitrogens with zero attached hydrogens (tertiary/aromatic N) is 3. The van der Waals surface area contributed by atoms with Crippen LogP contribution in [0, 0.1) is 12.8 Å². The van der Waals surface area contributed by atoms with Crippen LogP contribution in [0.4, 0.5) is 0 Å². The van der Waals surface area contributed by atoms with Crippen LogP contribution in [0.25, 0.3) is 11.5 Å². The first kappa shape index (κ1) is 17.0. The number of hydrogen-bond donors (Lipinski definition) is 1. The second-order valence-electron chi connectivity index (χ2n) is 6.66. The van der Waals surface area contributed by atoms with Gasteiger partial charge in [0.25, 0.3) is 5.91 Å². The fourth-order valence-corrected chi connectivity index (χ4v) is 2.67. The number of nitrogens with one attached hydrogen (secondary N) is 1. The number of rotatable bonds is 6. The third kappa shape index (κ3) is 3.82. The molecule has 0 unspecified atom stereocenters. The fraction of sp³-hybridized carbons (Fsp3) is 0.300. The van der Waals surface area contributed by atoms with Crippen LogP contribution in [0.2, 0.25) is 0 Å². The van der Waals surface area contributed by atoms with Gasteiger partial charge in [0.05, 0.1) is 11.9 Å². The van der Waals surface area contributed by atoms with Crippen molar-refractivity contribution in [2.45, 2.75) is 27.2 Å². The van der Waals surface area contributed by atoms with Gasteiger partial charge in [-0.1, -0.05) is 31.5 Å². The lowest BCUT2D eigenvalue weighted by atomic mass is 10.1.